The van der Waals surface area contributed by atoms with E-state index in [1.54, 1.807) is 0 Å². The van der Waals surface area contributed by atoms with E-state index in [2.05, 4.69) is 24.3 Å². The average Bonchev–Trinajstić information content (AvgIpc) is 2.41. The fraction of sp³-hybridized carbons (Fsp3) is 0.125. The van der Waals surface area contributed by atoms with Crippen molar-refractivity contribution in [2.45, 2.75) is 6.92 Å². The monoisotopic (exact) mass is 224 g/mol. The zero-order valence-corrected chi connectivity index (χ0v) is 9.93. The quantitative estimate of drug-likeness (QED) is 0.846. The summed E-state index contributed by atoms with van der Waals surface area (Å²) in [6, 6.07) is 20.4. The van der Waals surface area contributed by atoms with E-state index in [1.807, 2.05) is 43.3 Å². The van der Waals surface area contributed by atoms with Crippen LogP contribution in [0.15, 0.2) is 66.2 Å². The van der Waals surface area contributed by atoms with Crippen molar-refractivity contribution in [3.63, 3.8) is 0 Å². The Hall–Kier alpha value is -1.86. The highest BCUT2D eigenvalue weighted by molar-refractivity contribution is 5.81. The first-order valence-corrected chi connectivity index (χ1v) is 5.74. The fourth-order valence-electron chi connectivity index (χ4n) is 1.95. The van der Waals surface area contributed by atoms with Gasteiger partial charge in [-0.25, -0.2) is 0 Å². The molecule has 1 heteroatoms. The molecule has 0 aliphatic heterocycles. The maximum atomic E-state index is 9.37. The lowest BCUT2D eigenvalue weighted by molar-refractivity contribution is 0.332. The summed E-state index contributed by atoms with van der Waals surface area (Å²) in [6.07, 6.45) is 0. The van der Waals surface area contributed by atoms with Gasteiger partial charge in [-0.2, -0.15) is 0 Å². The number of aliphatic hydroxyl groups is 1. The fourth-order valence-corrected chi connectivity index (χ4v) is 1.95. The Balaban J connectivity index is 2.56. The third-order valence-electron chi connectivity index (χ3n) is 2.79. The molecule has 0 unspecified atom stereocenters. The molecule has 17 heavy (non-hydrogen) atoms. The van der Waals surface area contributed by atoms with Crippen LogP contribution >= 0.6 is 0 Å². The summed E-state index contributed by atoms with van der Waals surface area (Å²) >= 11 is 0. The minimum Gasteiger partial charge on any atom is -0.392 e. The van der Waals surface area contributed by atoms with Gasteiger partial charge in [0.25, 0.3) is 0 Å². The number of benzene rings is 2. The lowest BCUT2D eigenvalue weighted by atomic mass is 9.94. The van der Waals surface area contributed by atoms with E-state index in [-0.39, 0.29) is 6.61 Å². The topological polar surface area (TPSA) is 20.2 Å². The Morgan fingerprint density at radius 3 is 1.59 bits per heavy atom. The van der Waals surface area contributed by atoms with Gasteiger partial charge in [-0.15, -0.1) is 0 Å². The van der Waals surface area contributed by atoms with E-state index in [4.69, 9.17) is 0 Å². The van der Waals surface area contributed by atoms with Crippen molar-refractivity contribution >= 4 is 5.57 Å². The standard InChI is InChI=1S/C16H16O/c1-13(12-17)16(14-8-4-2-5-9-14)15-10-6-3-7-11-15/h2-11,17H,12H2,1H3. The average molecular weight is 224 g/mol. The zero-order chi connectivity index (χ0) is 12.1. The minimum absolute atomic E-state index is 0.0825. The van der Waals surface area contributed by atoms with Gasteiger partial charge in [0.1, 0.15) is 0 Å². The van der Waals surface area contributed by atoms with E-state index in [0.29, 0.717) is 0 Å². The normalized spacial score (nSPS) is 10.0. The first-order valence-electron chi connectivity index (χ1n) is 5.74. The van der Waals surface area contributed by atoms with Crippen LogP contribution in [0, 0.1) is 0 Å². The molecule has 0 aromatic heterocycles. The first-order chi connectivity index (χ1) is 8.33. The minimum atomic E-state index is 0.0825. The molecule has 0 atom stereocenters. The lowest BCUT2D eigenvalue weighted by Gasteiger charge is -2.11. The van der Waals surface area contributed by atoms with Crippen LogP contribution in [0.1, 0.15) is 18.1 Å². The summed E-state index contributed by atoms with van der Waals surface area (Å²) in [6.45, 7) is 2.05. The van der Waals surface area contributed by atoms with Crippen molar-refractivity contribution < 1.29 is 5.11 Å². The SMILES string of the molecule is CC(CO)=C(c1ccccc1)c1ccccc1. The molecule has 86 valence electrons. The molecule has 1 nitrogen and oxygen atoms in total. The number of hydrogen-bond acceptors (Lipinski definition) is 1. The molecule has 0 radical (unpaired) electrons. The Morgan fingerprint density at radius 2 is 1.24 bits per heavy atom. The van der Waals surface area contributed by atoms with E-state index in [9.17, 15) is 5.11 Å². The smallest absolute Gasteiger partial charge is 0.0648 e. The van der Waals surface area contributed by atoms with E-state index < -0.39 is 0 Å². The molecule has 0 aliphatic carbocycles. The Labute approximate surface area is 102 Å². The molecule has 0 amide bonds. The maximum Gasteiger partial charge on any atom is 0.0648 e. The van der Waals surface area contributed by atoms with E-state index >= 15 is 0 Å². The second-order valence-corrected chi connectivity index (χ2v) is 4.05. The molecule has 2 aromatic carbocycles. The van der Waals surface area contributed by atoms with Crippen LogP contribution in [-0.2, 0) is 0 Å². The van der Waals surface area contributed by atoms with Gasteiger partial charge in [0.15, 0.2) is 0 Å². The van der Waals surface area contributed by atoms with Gasteiger partial charge in [0, 0.05) is 0 Å². The van der Waals surface area contributed by atoms with Crippen molar-refractivity contribution in [3.05, 3.63) is 77.4 Å². The van der Waals surface area contributed by atoms with E-state index in [0.717, 1.165) is 22.3 Å². The molecule has 1 N–H and O–H groups in total. The maximum absolute atomic E-state index is 9.37. The number of rotatable bonds is 3. The van der Waals surface area contributed by atoms with Crippen molar-refractivity contribution in [2.24, 2.45) is 0 Å². The molecule has 2 aromatic rings. The van der Waals surface area contributed by atoms with Crippen LogP contribution in [0.25, 0.3) is 5.57 Å². The third kappa shape index (κ3) is 2.63. The largest absolute Gasteiger partial charge is 0.392 e. The summed E-state index contributed by atoms with van der Waals surface area (Å²) in [4.78, 5) is 0. The van der Waals surface area contributed by atoms with Gasteiger partial charge in [0.05, 0.1) is 6.61 Å². The number of hydrogen-bond donors (Lipinski definition) is 1. The summed E-state index contributed by atoms with van der Waals surface area (Å²) in [5.74, 6) is 0. The van der Waals surface area contributed by atoms with Crippen LogP contribution in [0.3, 0.4) is 0 Å². The molecule has 0 saturated heterocycles. The van der Waals surface area contributed by atoms with Crippen molar-refractivity contribution in [1.82, 2.24) is 0 Å². The number of aliphatic hydroxyl groups excluding tert-OH is 1. The zero-order valence-electron chi connectivity index (χ0n) is 9.93. The second kappa shape index (κ2) is 5.46. The molecule has 0 fully saturated rings. The van der Waals surface area contributed by atoms with Gasteiger partial charge in [-0.05, 0) is 29.2 Å². The van der Waals surface area contributed by atoms with Crippen LogP contribution in [0.5, 0.6) is 0 Å². The molecular formula is C16H16O. The Kier molecular flexibility index (Phi) is 3.73. The van der Waals surface area contributed by atoms with Gasteiger partial charge < -0.3 is 5.11 Å². The van der Waals surface area contributed by atoms with Crippen molar-refractivity contribution in [3.8, 4) is 0 Å². The Morgan fingerprint density at radius 1 is 0.824 bits per heavy atom. The van der Waals surface area contributed by atoms with Crippen LogP contribution < -0.4 is 0 Å². The van der Waals surface area contributed by atoms with Crippen molar-refractivity contribution in [2.75, 3.05) is 6.61 Å². The van der Waals surface area contributed by atoms with Crippen LogP contribution in [-0.4, -0.2) is 11.7 Å². The molecule has 0 bridgehead atoms. The van der Waals surface area contributed by atoms with Crippen LogP contribution in [0.4, 0.5) is 0 Å². The predicted octanol–water partition coefficient (Wildman–Crippen LogP) is 3.50. The second-order valence-electron chi connectivity index (χ2n) is 4.05. The molecule has 0 heterocycles. The highest BCUT2D eigenvalue weighted by Gasteiger charge is 2.07. The molecule has 2 rings (SSSR count). The highest BCUT2D eigenvalue weighted by Crippen LogP contribution is 2.26. The molecule has 0 aliphatic rings. The lowest BCUT2D eigenvalue weighted by Crippen LogP contribution is -1.95. The molecular weight excluding hydrogens is 208 g/mol. The van der Waals surface area contributed by atoms with Gasteiger partial charge in [0.2, 0.25) is 0 Å². The third-order valence-corrected chi connectivity index (χ3v) is 2.79. The van der Waals surface area contributed by atoms with Gasteiger partial charge >= 0.3 is 0 Å². The Bertz CT molecular complexity index is 456. The van der Waals surface area contributed by atoms with Gasteiger partial charge in [-0.1, -0.05) is 60.7 Å². The van der Waals surface area contributed by atoms with Gasteiger partial charge in [-0.3, -0.25) is 0 Å². The van der Waals surface area contributed by atoms with Crippen LogP contribution in [0.2, 0.25) is 0 Å². The van der Waals surface area contributed by atoms with Crippen molar-refractivity contribution in [1.29, 1.82) is 0 Å². The summed E-state index contributed by atoms with van der Waals surface area (Å²) in [7, 11) is 0. The molecule has 0 saturated carbocycles. The first kappa shape index (κ1) is 11.6. The summed E-state index contributed by atoms with van der Waals surface area (Å²) in [5, 5.41) is 9.37. The summed E-state index contributed by atoms with van der Waals surface area (Å²) in [5.41, 5.74) is 4.40. The summed E-state index contributed by atoms with van der Waals surface area (Å²) < 4.78 is 0. The predicted molar refractivity (Wildman–Crippen MR) is 71.7 cm³/mol. The highest BCUT2D eigenvalue weighted by atomic mass is 16.3. The van der Waals surface area contributed by atoms with E-state index in [1.165, 1.54) is 0 Å². The molecule has 0 spiro atoms.